The second kappa shape index (κ2) is 7.76. The zero-order chi connectivity index (χ0) is 16.9. The van der Waals surface area contributed by atoms with E-state index in [2.05, 4.69) is 45.0 Å². The molecule has 2 heteroatoms. The van der Waals surface area contributed by atoms with Crippen LogP contribution in [0, 0.1) is 11.8 Å². The fraction of sp³-hybridized carbons (Fsp3) is 0.429. The van der Waals surface area contributed by atoms with Crippen LogP contribution in [0.2, 0.25) is 0 Å². The number of aliphatic hydroxyl groups is 1. The van der Waals surface area contributed by atoms with E-state index in [1.165, 1.54) is 5.56 Å². The summed E-state index contributed by atoms with van der Waals surface area (Å²) in [5, 5.41) is 11.8. The SMILES string of the molecule is CC(C)C(CN(C)C)C(O)(Cc1ccccc1)c1ccccc1. The van der Waals surface area contributed by atoms with Gasteiger partial charge in [-0.3, -0.25) is 0 Å². The van der Waals surface area contributed by atoms with E-state index in [9.17, 15) is 5.11 Å². The third-order valence-electron chi connectivity index (χ3n) is 4.57. The standard InChI is InChI=1S/C21H29NO/c1-17(2)20(16-22(3)4)21(23,19-13-9-6-10-14-19)15-18-11-7-5-8-12-18/h5-14,17,20,23H,15-16H2,1-4H3. The molecule has 0 saturated carbocycles. The van der Waals surface area contributed by atoms with Gasteiger partial charge >= 0.3 is 0 Å². The highest BCUT2D eigenvalue weighted by Crippen LogP contribution is 2.38. The molecule has 2 aromatic carbocycles. The molecule has 0 aromatic heterocycles. The smallest absolute Gasteiger partial charge is 0.0979 e. The summed E-state index contributed by atoms with van der Waals surface area (Å²) < 4.78 is 0. The first-order valence-electron chi connectivity index (χ1n) is 8.40. The van der Waals surface area contributed by atoms with Gasteiger partial charge in [0.25, 0.3) is 0 Å². The van der Waals surface area contributed by atoms with Crippen molar-refractivity contribution in [2.45, 2.75) is 25.9 Å². The lowest BCUT2D eigenvalue weighted by Gasteiger charge is -2.41. The molecule has 2 aromatic rings. The molecule has 2 rings (SSSR count). The Bertz CT molecular complexity index is 579. The lowest BCUT2D eigenvalue weighted by atomic mass is 9.72. The predicted molar refractivity (Wildman–Crippen MR) is 97.4 cm³/mol. The fourth-order valence-electron chi connectivity index (χ4n) is 3.39. The maximum Gasteiger partial charge on any atom is 0.0979 e. The molecule has 0 bridgehead atoms. The Balaban J connectivity index is 2.45. The van der Waals surface area contributed by atoms with Crippen molar-refractivity contribution < 1.29 is 5.11 Å². The Morgan fingerprint density at radius 3 is 1.91 bits per heavy atom. The van der Waals surface area contributed by atoms with Gasteiger partial charge in [0.1, 0.15) is 0 Å². The van der Waals surface area contributed by atoms with Gasteiger partial charge in [0.15, 0.2) is 0 Å². The number of nitrogens with zero attached hydrogens (tertiary/aromatic N) is 1. The van der Waals surface area contributed by atoms with E-state index in [-0.39, 0.29) is 5.92 Å². The van der Waals surface area contributed by atoms with E-state index < -0.39 is 5.60 Å². The van der Waals surface area contributed by atoms with Crippen LogP contribution >= 0.6 is 0 Å². The second-order valence-electron chi connectivity index (χ2n) is 7.07. The Labute approximate surface area is 140 Å². The summed E-state index contributed by atoms with van der Waals surface area (Å²) in [6.07, 6.45) is 0.633. The van der Waals surface area contributed by atoms with Gasteiger partial charge in [-0.2, -0.15) is 0 Å². The third kappa shape index (κ3) is 4.43. The van der Waals surface area contributed by atoms with Crippen molar-refractivity contribution in [1.29, 1.82) is 0 Å². The summed E-state index contributed by atoms with van der Waals surface area (Å²) in [5.74, 6) is 0.534. The zero-order valence-electron chi connectivity index (χ0n) is 14.7. The Morgan fingerprint density at radius 1 is 0.913 bits per heavy atom. The quantitative estimate of drug-likeness (QED) is 0.837. The highest BCUT2D eigenvalue weighted by atomic mass is 16.3. The first kappa shape index (κ1) is 17.7. The van der Waals surface area contributed by atoms with Crippen molar-refractivity contribution in [2.24, 2.45) is 11.8 Å². The summed E-state index contributed by atoms with van der Waals surface area (Å²) in [6.45, 7) is 5.26. The molecule has 2 atom stereocenters. The van der Waals surface area contributed by atoms with Crippen LogP contribution in [0.1, 0.15) is 25.0 Å². The number of rotatable bonds is 7. The molecule has 2 nitrogen and oxygen atoms in total. The molecule has 0 aliphatic rings. The van der Waals surface area contributed by atoms with Gasteiger partial charge in [0.2, 0.25) is 0 Å². The van der Waals surface area contributed by atoms with Crippen molar-refractivity contribution in [3.05, 3.63) is 71.8 Å². The van der Waals surface area contributed by atoms with Crippen molar-refractivity contribution in [2.75, 3.05) is 20.6 Å². The second-order valence-corrected chi connectivity index (χ2v) is 7.07. The molecule has 23 heavy (non-hydrogen) atoms. The van der Waals surface area contributed by atoms with E-state index in [0.717, 1.165) is 12.1 Å². The molecule has 0 radical (unpaired) electrons. The summed E-state index contributed by atoms with van der Waals surface area (Å²) in [7, 11) is 4.15. The minimum Gasteiger partial charge on any atom is -0.384 e. The molecule has 0 fully saturated rings. The number of hydrogen-bond donors (Lipinski definition) is 1. The maximum atomic E-state index is 11.8. The molecule has 124 valence electrons. The van der Waals surface area contributed by atoms with Crippen molar-refractivity contribution in [1.82, 2.24) is 4.90 Å². The molecule has 0 heterocycles. The van der Waals surface area contributed by atoms with E-state index in [1.54, 1.807) is 0 Å². The molecule has 0 aliphatic heterocycles. The topological polar surface area (TPSA) is 23.5 Å². The zero-order valence-corrected chi connectivity index (χ0v) is 14.7. The van der Waals surface area contributed by atoms with Crippen LogP contribution in [0.15, 0.2) is 60.7 Å². The molecular weight excluding hydrogens is 282 g/mol. The highest BCUT2D eigenvalue weighted by Gasteiger charge is 2.40. The lowest BCUT2D eigenvalue weighted by molar-refractivity contribution is -0.0517. The molecule has 0 spiro atoms. The van der Waals surface area contributed by atoms with Gasteiger partial charge < -0.3 is 10.0 Å². The van der Waals surface area contributed by atoms with Crippen molar-refractivity contribution in [3.63, 3.8) is 0 Å². The average Bonchev–Trinajstić information content (AvgIpc) is 2.54. The fourth-order valence-corrected chi connectivity index (χ4v) is 3.39. The van der Waals surface area contributed by atoms with Gasteiger partial charge in [-0.15, -0.1) is 0 Å². The largest absolute Gasteiger partial charge is 0.384 e. The van der Waals surface area contributed by atoms with E-state index in [1.807, 2.05) is 48.5 Å². The minimum absolute atomic E-state index is 0.153. The maximum absolute atomic E-state index is 11.8. The van der Waals surface area contributed by atoms with Gasteiger partial charge in [-0.05, 0) is 31.1 Å². The number of benzene rings is 2. The molecular formula is C21H29NO. The Hall–Kier alpha value is -1.64. The molecule has 1 N–H and O–H groups in total. The third-order valence-corrected chi connectivity index (χ3v) is 4.57. The van der Waals surface area contributed by atoms with E-state index >= 15 is 0 Å². The summed E-state index contributed by atoms with van der Waals surface area (Å²) >= 11 is 0. The molecule has 0 aliphatic carbocycles. The van der Waals surface area contributed by atoms with Crippen LogP contribution in [-0.4, -0.2) is 30.6 Å². The Kier molecular flexibility index (Phi) is 5.97. The first-order chi connectivity index (χ1) is 10.9. The lowest BCUT2D eigenvalue weighted by Crippen LogP contribution is -2.45. The summed E-state index contributed by atoms with van der Waals surface area (Å²) in [5.41, 5.74) is 1.30. The molecule has 0 amide bonds. The Morgan fingerprint density at radius 2 is 1.43 bits per heavy atom. The van der Waals surface area contributed by atoms with Crippen LogP contribution in [0.3, 0.4) is 0 Å². The van der Waals surface area contributed by atoms with Gasteiger partial charge in [0.05, 0.1) is 5.60 Å². The predicted octanol–water partition coefficient (Wildman–Crippen LogP) is 3.95. The van der Waals surface area contributed by atoms with Crippen LogP contribution in [0.25, 0.3) is 0 Å². The normalized spacial score (nSPS) is 15.6. The van der Waals surface area contributed by atoms with Crippen LogP contribution in [0.4, 0.5) is 0 Å². The van der Waals surface area contributed by atoms with Crippen LogP contribution in [0.5, 0.6) is 0 Å². The van der Waals surface area contributed by atoms with Gasteiger partial charge in [0, 0.05) is 18.9 Å². The monoisotopic (exact) mass is 311 g/mol. The minimum atomic E-state index is -0.874. The highest BCUT2D eigenvalue weighted by molar-refractivity contribution is 5.28. The average molecular weight is 311 g/mol. The molecule has 2 unspecified atom stereocenters. The van der Waals surface area contributed by atoms with Crippen LogP contribution < -0.4 is 0 Å². The first-order valence-corrected chi connectivity index (χ1v) is 8.40. The summed E-state index contributed by atoms with van der Waals surface area (Å²) in [4.78, 5) is 2.17. The number of hydrogen-bond acceptors (Lipinski definition) is 2. The van der Waals surface area contributed by atoms with Crippen molar-refractivity contribution >= 4 is 0 Å². The van der Waals surface area contributed by atoms with Crippen LogP contribution in [-0.2, 0) is 12.0 Å². The van der Waals surface area contributed by atoms with Crippen molar-refractivity contribution in [3.8, 4) is 0 Å². The van der Waals surface area contributed by atoms with Gasteiger partial charge in [-0.25, -0.2) is 0 Å². The van der Waals surface area contributed by atoms with Gasteiger partial charge in [-0.1, -0.05) is 74.5 Å². The summed E-state index contributed by atoms with van der Waals surface area (Å²) in [6, 6.07) is 20.4. The van der Waals surface area contributed by atoms with E-state index in [0.29, 0.717) is 12.3 Å². The van der Waals surface area contributed by atoms with E-state index in [4.69, 9.17) is 0 Å². The molecule has 0 saturated heterocycles.